The van der Waals surface area contributed by atoms with Gasteiger partial charge in [0.25, 0.3) is 5.91 Å². The number of hydrogen-bond donors (Lipinski definition) is 1. The molecule has 4 rings (SSSR count). The molecule has 0 unspecified atom stereocenters. The maximum absolute atomic E-state index is 12.6. The molecule has 1 fully saturated rings. The van der Waals surface area contributed by atoms with Gasteiger partial charge in [-0.25, -0.2) is 0 Å². The van der Waals surface area contributed by atoms with Crippen LogP contribution in [0.5, 0.6) is 0 Å². The summed E-state index contributed by atoms with van der Waals surface area (Å²) in [5.41, 5.74) is 3.94. The van der Waals surface area contributed by atoms with Gasteiger partial charge in [-0.2, -0.15) is 0 Å². The summed E-state index contributed by atoms with van der Waals surface area (Å²) in [6.07, 6.45) is 1.67. The van der Waals surface area contributed by atoms with Gasteiger partial charge in [-0.1, -0.05) is 30.3 Å². The molecule has 1 aliphatic rings. The Balaban J connectivity index is 1.35. The van der Waals surface area contributed by atoms with E-state index < -0.39 is 11.8 Å². The van der Waals surface area contributed by atoms with Gasteiger partial charge in [0.2, 0.25) is 0 Å². The van der Waals surface area contributed by atoms with Gasteiger partial charge in [0, 0.05) is 37.1 Å². The predicted octanol–water partition coefficient (Wildman–Crippen LogP) is 3.01. The SMILES string of the molecule is Cc1cccc(NC(=O)c2ccc(CN3CCN(Cc4ccccn4)C(=O)C3=O)cc2)c1. The van der Waals surface area contributed by atoms with Crippen molar-refractivity contribution in [3.63, 3.8) is 0 Å². The van der Waals surface area contributed by atoms with E-state index in [9.17, 15) is 14.4 Å². The van der Waals surface area contributed by atoms with Gasteiger partial charge in [0.15, 0.2) is 0 Å². The van der Waals surface area contributed by atoms with Crippen molar-refractivity contribution in [2.75, 3.05) is 18.4 Å². The Hall–Kier alpha value is -4.00. The Bertz CT molecular complexity index is 1130. The summed E-state index contributed by atoms with van der Waals surface area (Å²) in [5, 5.41) is 2.88. The van der Waals surface area contributed by atoms with Gasteiger partial charge in [-0.15, -0.1) is 0 Å². The van der Waals surface area contributed by atoms with Crippen LogP contribution in [0.1, 0.15) is 27.2 Å². The number of hydrogen-bond acceptors (Lipinski definition) is 4. The van der Waals surface area contributed by atoms with Gasteiger partial charge < -0.3 is 15.1 Å². The molecular weight excluding hydrogens is 404 g/mol. The van der Waals surface area contributed by atoms with Crippen LogP contribution < -0.4 is 5.32 Å². The van der Waals surface area contributed by atoms with E-state index in [1.165, 1.54) is 4.90 Å². The molecule has 1 N–H and O–H groups in total. The fourth-order valence-corrected chi connectivity index (χ4v) is 3.61. The van der Waals surface area contributed by atoms with E-state index in [0.29, 0.717) is 31.7 Å². The van der Waals surface area contributed by atoms with Gasteiger partial charge in [-0.3, -0.25) is 19.4 Å². The standard InChI is InChI=1S/C25H24N4O3/c1-18-5-4-7-21(15-18)27-23(30)20-10-8-19(9-11-20)16-28-13-14-29(25(32)24(28)31)17-22-6-2-3-12-26-22/h2-12,15H,13-14,16-17H2,1H3,(H,27,30). The summed E-state index contributed by atoms with van der Waals surface area (Å²) in [6.45, 7) is 3.52. The van der Waals surface area contributed by atoms with Crippen molar-refractivity contribution in [1.29, 1.82) is 0 Å². The van der Waals surface area contributed by atoms with Crippen molar-refractivity contribution < 1.29 is 14.4 Å². The van der Waals surface area contributed by atoms with E-state index in [4.69, 9.17) is 0 Å². The number of amides is 3. The molecule has 1 aromatic heterocycles. The number of nitrogens with zero attached hydrogens (tertiary/aromatic N) is 3. The summed E-state index contributed by atoms with van der Waals surface area (Å²) in [5.74, 6) is -1.24. The van der Waals surface area contributed by atoms with E-state index >= 15 is 0 Å². The maximum Gasteiger partial charge on any atom is 0.312 e. The lowest BCUT2D eigenvalue weighted by Crippen LogP contribution is -2.53. The topological polar surface area (TPSA) is 82.6 Å². The molecule has 0 atom stereocenters. The molecule has 32 heavy (non-hydrogen) atoms. The third kappa shape index (κ3) is 5.00. The number of aryl methyl sites for hydroxylation is 1. The number of aromatic nitrogens is 1. The minimum atomic E-state index is -0.520. The Morgan fingerprint density at radius 3 is 2.28 bits per heavy atom. The van der Waals surface area contributed by atoms with Gasteiger partial charge in [0.05, 0.1) is 12.2 Å². The van der Waals surface area contributed by atoms with Gasteiger partial charge in [0.1, 0.15) is 0 Å². The molecule has 1 saturated heterocycles. The first kappa shape index (κ1) is 21.2. The summed E-state index contributed by atoms with van der Waals surface area (Å²) in [4.78, 5) is 44.9. The summed E-state index contributed by atoms with van der Waals surface area (Å²) in [6, 6.07) is 20.2. The van der Waals surface area contributed by atoms with Crippen molar-refractivity contribution in [2.24, 2.45) is 0 Å². The number of pyridine rings is 1. The lowest BCUT2D eigenvalue weighted by atomic mass is 10.1. The van der Waals surface area contributed by atoms with Crippen LogP contribution in [0.25, 0.3) is 0 Å². The Kier molecular flexibility index (Phi) is 6.26. The second-order valence-corrected chi connectivity index (χ2v) is 7.80. The van der Waals surface area contributed by atoms with Crippen LogP contribution in [0.15, 0.2) is 72.9 Å². The van der Waals surface area contributed by atoms with Crippen molar-refractivity contribution in [2.45, 2.75) is 20.0 Å². The van der Waals surface area contributed by atoms with Crippen molar-refractivity contribution >= 4 is 23.4 Å². The zero-order valence-electron chi connectivity index (χ0n) is 17.8. The fourth-order valence-electron chi connectivity index (χ4n) is 3.61. The van der Waals surface area contributed by atoms with Crippen molar-refractivity contribution in [3.05, 3.63) is 95.3 Å². The zero-order valence-corrected chi connectivity index (χ0v) is 17.8. The quantitative estimate of drug-likeness (QED) is 0.612. The van der Waals surface area contributed by atoms with Crippen LogP contribution in [0.2, 0.25) is 0 Å². The van der Waals surface area contributed by atoms with Crippen LogP contribution in [0, 0.1) is 6.92 Å². The number of benzene rings is 2. The van der Waals surface area contributed by atoms with E-state index in [2.05, 4.69) is 10.3 Å². The first-order valence-corrected chi connectivity index (χ1v) is 10.4. The van der Waals surface area contributed by atoms with E-state index in [-0.39, 0.29) is 5.91 Å². The smallest absolute Gasteiger partial charge is 0.312 e. The highest BCUT2D eigenvalue weighted by Gasteiger charge is 2.32. The maximum atomic E-state index is 12.6. The Labute approximate surface area is 186 Å². The predicted molar refractivity (Wildman–Crippen MR) is 121 cm³/mol. The third-order valence-corrected chi connectivity index (χ3v) is 5.34. The van der Waals surface area contributed by atoms with Crippen LogP contribution in [-0.2, 0) is 22.7 Å². The van der Waals surface area contributed by atoms with Crippen LogP contribution >= 0.6 is 0 Å². The number of rotatable bonds is 6. The highest BCUT2D eigenvalue weighted by atomic mass is 16.2. The Morgan fingerprint density at radius 1 is 0.906 bits per heavy atom. The van der Waals surface area contributed by atoms with Crippen LogP contribution in [0.3, 0.4) is 0 Å². The van der Waals surface area contributed by atoms with Gasteiger partial charge >= 0.3 is 11.8 Å². The first-order chi connectivity index (χ1) is 15.5. The molecule has 2 aromatic carbocycles. The lowest BCUT2D eigenvalue weighted by molar-refractivity contribution is -0.156. The monoisotopic (exact) mass is 428 g/mol. The molecule has 162 valence electrons. The van der Waals surface area contributed by atoms with E-state index in [0.717, 1.165) is 22.5 Å². The molecule has 0 saturated carbocycles. The highest BCUT2D eigenvalue weighted by Crippen LogP contribution is 2.15. The third-order valence-electron chi connectivity index (χ3n) is 5.34. The molecule has 3 amide bonds. The summed E-state index contributed by atoms with van der Waals surface area (Å²) in [7, 11) is 0. The summed E-state index contributed by atoms with van der Waals surface area (Å²) >= 11 is 0. The zero-order chi connectivity index (χ0) is 22.5. The van der Waals surface area contributed by atoms with E-state index in [1.54, 1.807) is 23.2 Å². The first-order valence-electron chi connectivity index (χ1n) is 10.4. The average Bonchev–Trinajstić information content (AvgIpc) is 2.80. The second kappa shape index (κ2) is 9.43. The second-order valence-electron chi connectivity index (χ2n) is 7.80. The molecule has 0 radical (unpaired) electrons. The Morgan fingerprint density at radius 2 is 1.62 bits per heavy atom. The number of anilines is 1. The molecule has 7 nitrogen and oxygen atoms in total. The normalized spacial score (nSPS) is 13.9. The van der Waals surface area contributed by atoms with Crippen LogP contribution in [-0.4, -0.2) is 45.6 Å². The lowest BCUT2D eigenvalue weighted by Gasteiger charge is -2.33. The molecule has 0 spiro atoms. The van der Waals surface area contributed by atoms with E-state index in [1.807, 2.05) is 61.5 Å². The van der Waals surface area contributed by atoms with Gasteiger partial charge in [-0.05, 0) is 54.4 Å². The number of nitrogens with one attached hydrogen (secondary N) is 1. The van der Waals surface area contributed by atoms with Crippen LogP contribution in [0.4, 0.5) is 5.69 Å². The molecule has 0 bridgehead atoms. The minimum Gasteiger partial charge on any atom is -0.328 e. The summed E-state index contributed by atoms with van der Waals surface area (Å²) < 4.78 is 0. The molecule has 1 aliphatic heterocycles. The van der Waals surface area contributed by atoms with Crippen molar-refractivity contribution in [1.82, 2.24) is 14.8 Å². The molecule has 2 heterocycles. The largest absolute Gasteiger partial charge is 0.328 e. The molecule has 0 aliphatic carbocycles. The number of carbonyl (C=O) groups excluding carboxylic acids is 3. The molecular formula is C25H24N4O3. The molecule has 7 heteroatoms. The molecule has 3 aromatic rings. The number of carbonyl (C=O) groups is 3. The minimum absolute atomic E-state index is 0.198. The average molecular weight is 428 g/mol. The van der Waals surface area contributed by atoms with Crippen molar-refractivity contribution in [3.8, 4) is 0 Å². The highest BCUT2D eigenvalue weighted by molar-refractivity contribution is 6.35. The fraction of sp³-hybridized carbons (Fsp3) is 0.200. The number of piperazine rings is 1.